The van der Waals surface area contributed by atoms with Crippen LogP contribution in [0.3, 0.4) is 0 Å². The van der Waals surface area contributed by atoms with E-state index >= 15 is 0 Å². The molecule has 0 aliphatic carbocycles. The normalized spacial score (nSPS) is 11.9. The van der Waals surface area contributed by atoms with Crippen molar-refractivity contribution in [3.05, 3.63) is 24.3 Å². The van der Waals surface area contributed by atoms with E-state index in [1.807, 2.05) is 0 Å². The Morgan fingerprint density at radius 3 is 2.00 bits per heavy atom. The Bertz CT molecular complexity index is 553. The lowest BCUT2D eigenvalue weighted by Crippen LogP contribution is -2.25. The summed E-state index contributed by atoms with van der Waals surface area (Å²) in [6, 6.07) is 0. The van der Waals surface area contributed by atoms with E-state index in [4.69, 9.17) is 9.47 Å². The van der Waals surface area contributed by atoms with Gasteiger partial charge < -0.3 is 9.47 Å². The summed E-state index contributed by atoms with van der Waals surface area (Å²) in [4.78, 5) is 50.1. The molecule has 0 aromatic rings. The van der Waals surface area contributed by atoms with Crippen LogP contribution in [0.5, 0.6) is 0 Å². The fourth-order valence-corrected chi connectivity index (χ4v) is 1.37. The number of carbonyl (C=O) groups is 2. The molecule has 8 heteroatoms. The number of aliphatic imine (C=N–C) groups is 2. The third-order valence-corrected chi connectivity index (χ3v) is 2.52. The number of isocyanates is 2. The Labute approximate surface area is 133 Å². The molecule has 0 fully saturated rings. The van der Waals surface area contributed by atoms with Gasteiger partial charge in [0.2, 0.25) is 12.2 Å². The predicted octanol–water partition coefficient (Wildman–Crippen LogP) is 1.37. The van der Waals surface area contributed by atoms with Crippen LogP contribution in [0.15, 0.2) is 34.3 Å². The van der Waals surface area contributed by atoms with Crippen LogP contribution in [0.1, 0.15) is 26.7 Å². The van der Waals surface area contributed by atoms with E-state index in [-0.39, 0.29) is 30.6 Å². The van der Waals surface area contributed by atoms with E-state index in [1.54, 1.807) is 0 Å². The van der Waals surface area contributed by atoms with Gasteiger partial charge in [-0.2, -0.15) is 9.98 Å². The van der Waals surface area contributed by atoms with Crippen molar-refractivity contribution < 1.29 is 28.7 Å². The number of carbonyl (C=O) groups excluding carboxylic acids is 4. The highest BCUT2D eigenvalue weighted by Crippen LogP contribution is 2.13. The highest BCUT2D eigenvalue weighted by atomic mass is 16.6. The highest BCUT2D eigenvalue weighted by molar-refractivity contribution is 5.87. The Morgan fingerprint density at radius 2 is 1.57 bits per heavy atom. The van der Waals surface area contributed by atoms with Gasteiger partial charge in [0.25, 0.3) is 0 Å². The number of esters is 2. The summed E-state index contributed by atoms with van der Waals surface area (Å²) in [7, 11) is 0. The van der Waals surface area contributed by atoms with Crippen molar-refractivity contribution in [2.24, 2.45) is 9.98 Å². The van der Waals surface area contributed by atoms with Gasteiger partial charge in [-0.3, -0.25) is 0 Å². The van der Waals surface area contributed by atoms with Crippen molar-refractivity contribution in [1.29, 1.82) is 0 Å². The van der Waals surface area contributed by atoms with Gasteiger partial charge in [0.05, 0.1) is 6.61 Å². The third-order valence-electron chi connectivity index (χ3n) is 2.52. The molecular formula is C15H18N2O6. The number of ether oxygens (including phenoxy) is 2. The molecule has 1 unspecified atom stereocenters. The molecule has 124 valence electrons. The van der Waals surface area contributed by atoms with Crippen LogP contribution in [-0.2, 0) is 28.7 Å². The molecule has 0 amide bonds. The zero-order chi connectivity index (χ0) is 17.8. The van der Waals surface area contributed by atoms with Crippen LogP contribution in [0, 0.1) is 0 Å². The standard InChI is InChI=1S/C15H18N2O6/c1-10(2)14(20)22-6-5-12(23-15(21)11(3)4)7-13(16-8-18)17-9-19/h12-13H,1,3,5-7H2,2,4H3. The van der Waals surface area contributed by atoms with Crippen LogP contribution in [0.2, 0.25) is 0 Å². The van der Waals surface area contributed by atoms with E-state index in [9.17, 15) is 19.2 Å². The molecule has 0 saturated heterocycles. The summed E-state index contributed by atoms with van der Waals surface area (Å²) in [5.41, 5.74) is 0.401. The molecule has 8 nitrogen and oxygen atoms in total. The second-order valence-corrected chi connectivity index (χ2v) is 4.67. The van der Waals surface area contributed by atoms with Crippen molar-refractivity contribution >= 4 is 24.1 Å². The minimum Gasteiger partial charge on any atom is -0.462 e. The average molecular weight is 322 g/mol. The summed E-state index contributed by atoms with van der Waals surface area (Å²) in [6.07, 6.45) is 0.728. The van der Waals surface area contributed by atoms with E-state index in [0.29, 0.717) is 0 Å². The lowest BCUT2D eigenvalue weighted by molar-refractivity contribution is -0.146. The van der Waals surface area contributed by atoms with Gasteiger partial charge in [0.15, 0.2) is 6.17 Å². The first-order valence-electron chi connectivity index (χ1n) is 6.64. The molecule has 0 aliphatic heterocycles. The maximum Gasteiger partial charge on any atom is 0.333 e. The van der Waals surface area contributed by atoms with E-state index in [2.05, 4.69) is 23.1 Å². The lowest BCUT2D eigenvalue weighted by Gasteiger charge is -2.19. The van der Waals surface area contributed by atoms with Gasteiger partial charge in [0.1, 0.15) is 6.10 Å². The summed E-state index contributed by atoms with van der Waals surface area (Å²) >= 11 is 0. The second kappa shape index (κ2) is 10.8. The molecule has 0 aromatic heterocycles. The van der Waals surface area contributed by atoms with Crippen molar-refractivity contribution in [2.45, 2.75) is 39.0 Å². The summed E-state index contributed by atoms with van der Waals surface area (Å²) in [5, 5.41) is 0. The quantitative estimate of drug-likeness (QED) is 0.260. The predicted molar refractivity (Wildman–Crippen MR) is 79.7 cm³/mol. The second-order valence-electron chi connectivity index (χ2n) is 4.67. The SMILES string of the molecule is C=C(C)C(=O)OCCC(CC(N=C=O)N=C=O)OC(=O)C(=C)C. The van der Waals surface area contributed by atoms with E-state index in [1.165, 1.54) is 26.0 Å². The lowest BCUT2D eigenvalue weighted by atomic mass is 10.1. The van der Waals surface area contributed by atoms with Gasteiger partial charge in [-0.05, 0) is 13.8 Å². The van der Waals surface area contributed by atoms with E-state index in [0.717, 1.165) is 0 Å². The van der Waals surface area contributed by atoms with Crippen LogP contribution < -0.4 is 0 Å². The number of nitrogens with zero attached hydrogens (tertiary/aromatic N) is 2. The number of hydrogen-bond donors (Lipinski definition) is 0. The first-order chi connectivity index (χ1) is 10.8. The van der Waals surface area contributed by atoms with Crippen molar-refractivity contribution in [2.75, 3.05) is 6.61 Å². The maximum absolute atomic E-state index is 11.6. The molecule has 0 aliphatic rings. The first-order valence-corrected chi connectivity index (χ1v) is 6.64. The molecule has 0 spiro atoms. The van der Waals surface area contributed by atoms with Crippen LogP contribution >= 0.6 is 0 Å². The molecule has 23 heavy (non-hydrogen) atoms. The van der Waals surface area contributed by atoms with Crippen molar-refractivity contribution in [3.8, 4) is 0 Å². The van der Waals surface area contributed by atoms with Gasteiger partial charge in [-0.25, -0.2) is 19.2 Å². The zero-order valence-corrected chi connectivity index (χ0v) is 13.0. The fraction of sp³-hybridized carbons (Fsp3) is 0.467. The largest absolute Gasteiger partial charge is 0.462 e. The monoisotopic (exact) mass is 322 g/mol. The molecule has 0 radical (unpaired) electrons. The van der Waals surface area contributed by atoms with Crippen molar-refractivity contribution in [1.82, 2.24) is 0 Å². The molecule has 0 aromatic carbocycles. The minimum absolute atomic E-state index is 0.0534. The Kier molecular flexibility index (Phi) is 9.51. The smallest absolute Gasteiger partial charge is 0.333 e. The third kappa shape index (κ3) is 8.93. The topological polar surface area (TPSA) is 111 Å². The van der Waals surface area contributed by atoms with Crippen LogP contribution in [-0.4, -0.2) is 43.0 Å². The molecule has 0 rings (SSSR count). The Balaban J connectivity index is 4.85. The number of hydrogen-bond acceptors (Lipinski definition) is 8. The summed E-state index contributed by atoms with van der Waals surface area (Å²) in [5.74, 6) is -1.24. The van der Waals surface area contributed by atoms with Crippen LogP contribution in [0.4, 0.5) is 0 Å². The Morgan fingerprint density at radius 1 is 1.04 bits per heavy atom. The van der Waals surface area contributed by atoms with E-state index < -0.39 is 24.2 Å². The average Bonchev–Trinajstić information content (AvgIpc) is 2.47. The maximum atomic E-state index is 11.6. The van der Waals surface area contributed by atoms with Crippen molar-refractivity contribution in [3.63, 3.8) is 0 Å². The Hall–Kier alpha value is -2.82. The fourth-order valence-electron chi connectivity index (χ4n) is 1.37. The molecule has 0 heterocycles. The highest BCUT2D eigenvalue weighted by Gasteiger charge is 2.21. The van der Waals surface area contributed by atoms with Gasteiger partial charge in [-0.15, -0.1) is 0 Å². The van der Waals surface area contributed by atoms with Gasteiger partial charge in [0, 0.05) is 24.0 Å². The molecule has 0 saturated carbocycles. The van der Waals surface area contributed by atoms with Gasteiger partial charge >= 0.3 is 11.9 Å². The summed E-state index contributed by atoms with van der Waals surface area (Å²) in [6.45, 7) is 9.79. The van der Waals surface area contributed by atoms with Crippen LogP contribution in [0.25, 0.3) is 0 Å². The molecule has 0 bridgehead atoms. The molecular weight excluding hydrogens is 304 g/mol. The number of rotatable bonds is 10. The summed E-state index contributed by atoms with van der Waals surface area (Å²) < 4.78 is 10.1. The molecule has 0 N–H and O–H groups in total. The molecule has 1 atom stereocenters. The zero-order valence-electron chi connectivity index (χ0n) is 13.0. The van der Waals surface area contributed by atoms with Gasteiger partial charge in [-0.1, -0.05) is 13.2 Å². The minimum atomic E-state index is -1.08. The first kappa shape index (κ1) is 20.2.